The maximum atomic E-state index is 12.9. The number of anilines is 2. The number of nitrogens with one attached hydrogen (secondary N) is 1. The Morgan fingerprint density at radius 2 is 1.67 bits per heavy atom. The molecule has 1 saturated heterocycles. The van der Waals surface area contributed by atoms with Crippen LogP contribution in [0.2, 0.25) is 10.0 Å². The summed E-state index contributed by atoms with van der Waals surface area (Å²) in [6.45, 7) is 3.14. The second-order valence-corrected chi connectivity index (χ2v) is 6.66. The fourth-order valence-electron chi connectivity index (χ4n) is 2.62. The van der Waals surface area contributed by atoms with Gasteiger partial charge in [-0.1, -0.05) is 29.3 Å². The van der Waals surface area contributed by atoms with Gasteiger partial charge in [0.15, 0.2) is 5.11 Å². The van der Waals surface area contributed by atoms with Crippen molar-refractivity contribution in [3.63, 3.8) is 0 Å². The van der Waals surface area contributed by atoms with E-state index in [1.54, 1.807) is 18.2 Å². The summed E-state index contributed by atoms with van der Waals surface area (Å²) < 4.78 is 12.9. The van der Waals surface area contributed by atoms with Crippen LogP contribution >= 0.6 is 35.4 Å². The Hall–Kier alpha value is -1.56. The molecule has 0 bridgehead atoms. The van der Waals surface area contributed by atoms with Gasteiger partial charge >= 0.3 is 0 Å². The van der Waals surface area contributed by atoms with Crippen molar-refractivity contribution in [1.29, 1.82) is 0 Å². The largest absolute Gasteiger partial charge is 0.367 e. The van der Waals surface area contributed by atoms with Gasteiger partial charge in [0.1, 0.15) is 5.82 Å². The average molecular weight is 384 g/mol. The number of halogens is 3. The van der Waals surface area contributed by atoms with Crippen LogP contribution in [-0.2, 0) is 0 Å². The lowest BCUT2D eigenvalue weighted by atomic mass is 10.2. The third-order valence-electron chi connectivity index (χ3n) is 3.93. The number of hydrogen-bond donors (Lipinski definition) is 1. The Morgan fingerprint density at radius 3 is 2.33 bits per heavy atom. The van der Waals surface area contributed by atoms with E-state index in [9.17, 15) is 4.39 Å². The van der Waals surface area contributed by atoms with E-state index in [0.29, 0.717) is 15.2 Å². The van der Waals surface area contributed by atoms with E-state index < -0.39 is 0 Å². The van der Waals surface area contributed by atoms with E-state index in [1.165, 1.54) is 12.1 Å². The van der Waals surface area contributed by atoms with E-state index >= 15 is 0 Å². The predicted octanol–water partition coefficient (Wildman–Crippen LogP) is 4.65. The van der Waals surface area contributed by atoms with Gasteiger partial charge in [-0.05, 0) is 48.6 Å². The maximum Gasteiger partial charge on any atom is 0.173 e. The maximum absolute atomic E-state index is 12.9. The summed E-state index contributed by atoms with van der Waals surface area (Å²) in [5.41, 5.74) is 1.72. The Labute approximate surface area is 156 Å². The number of thiocarbonyl (C=S) groups is 1. The van der Waals surface area contributed by atoms with Gasteiger partial charge < -0.3 is 15.1 Å². The molecule has 0 unspecified atom stereocenters. The number of hydrogen-bond acceptors (Lipinski definition) is 2. The molecule has 3 rings (SSSR count). The van der Waals surface area contributed by atoms with E-state index in [1.807, 2.05) is 12.1 Å². The third kappa shape index (κ3) is 3.91. The molecular formula is C17H16Cl2FN3S. The summed E-state index contributed by atoms with van der Waals surface area (Å²) in [7, 11) is 0. The quantitative estimate of drug-likeness (QED) is 0.760. The highest BCUT2D eigenvalue weighted by atomic mass is 35.5. The highest BCUT2D eigenvalue weighted by Crippen LogP contribution is 2.32. The van der Waals surface area contributed by atoms with Crippen LogP contribution in [0.5, 0.6) is 0 Å². The summed E-state index contributed by atoms with van der Waals surface area (Å²) in [4.78, 5) is 4.29. The van der Waals surface area contributed by atoms with Crippen molar-refractivity contribution in [1.82, 2.24) is 4.90 Å². The zero-order chi connectivity index (χ0) is 17.1. The minimum atomic E-state index is -0.265. The van der Waals surface area contributed by atoms with Crippen LogP contribution in [0.3, 0.4) is 0 Å². The van der Waals surface area contributed by atoms with Crippen LogP contribution in [0, 0.1) is 5.82 Å². The molecule has 0 radical (unpaired) electrons. The smallest absolute Gasteiger partial charge is 0.173 e. The summed E-state index contributed by atoms with van der Waals surface area (Å²) in [6, 6.07) is 11.8. The minimum Gasteiger partial charge on any atom is -0.367 e. The first-order valence-corrected chi connectivity index (χ1v) is 8.71. The van der Waals surface area contributed by atoms with Crippen LogP contribution < -0.4 is 10.2 Å². The molecule has 3 nitrogen and oxygen atoms in total. The molecule has 0 atom stereocenters. The molecule has 2 aromatic rings. The van der Waals surface area contributed by atoms with Gasteiger partial charge in [0.2, 0.25) is 0 Å². The minimum absolute atomic E-state index is 0.265. The first-order chi connectivity index (χ1) is 11.5. The van der Waals surface area contributed by atoms with Gasteiger partial charge in [-0.25, -0.2) is 4.39 Å². The molecular weight excluding hydrogens is 368 g/mol. The van der Waals surface area contributed by atoms with Crippen LogP contribution in [0.4, 0.5) is 15.8 Å². The molecule has 126 valence electrons. The fraction of sp³-hybridized carbons (Fsp3) is 0.235. The zero-order valence-corrected chi connectivity index (χ0v) is 15.1. The van der Waals surface area contributed by atoms with E-state index in [0.717, 1.165) is 37.6 Å². The fourth-order valence-corrected chi connectivity index (χ4v) is 3.34. The van der Waals surface area contributed by atoms with Gasteiger partial charge in [0.25, 0.3) is 0 Å². The monoisotopic (exact) mass is 383 g/mol. The molecule has 1 aliphatic rings. The summed E-state index contributed by atoms with van der Waals surface area (Å²) in [6.07, 6.45) is 0. The lowest BCUT2D eigenvalue weighted by Crippen LogP contribution is -2.50. The Morgan fingerprint density at radius 1 is 1.00 bits per heavy atom. The molecule has 0 aromatic heterocycles. The molecule has 7 heteroatoms. The predicted molar refractivity (Wildman–Crippen MR) is 103 cm³/mol. The van der Waals surface area contributed by atoms with Crippen LogP contribution in [0.1, 0.15) is 0 Å². The summed E-state index contributed by atoms with van der Waals surface area (Å²) in [5, 5.41) is 4.92. The van der Waals surface area contributed by atoms with E-state index in [-0.39, 0.29) is 5.82 Å². The zero-order valence-electron chi connectivity index (χ0n) is 12.8. The molecule has 1 N–H and O–H groups in total. The summed E-state index contributed by atoms with van der Waals surface area (Å²) >= 11 is 17.8. The molecule has 1 aliphatic heterocycles. The second-order valence-electron chi connectivity index (χ2n) is 5.48. The molecule has 1 heterocycles. The van der Waals surface area contributed by atoms with Crippen molar-refractivity contribution < 1.29 is 4.39 Å². The van der Waals surface area contributed by atoms with Gasteiger partial charge in [0.05, 0.1) is 15.7 Å². The number of benzene rings is 2. The lowest BCUT2D eigenvalue weighted by Gasteiger charge is -2.37. The highest BCUT2D eigenvalue weighted by Gasteiger charge is 2.21. The van der Waals surface area contributed by atoms with Crippen molar-refractivity contribution in [2.75, 3.05) is 36.4 Å². The molecule has 0 amide bonds. The molecule has 0 spiro atoms. The number of nitrogens with zero attached hydrogens (tertiary/aromatic N) is 2. The normalized spacial score (nSPS) is 14.6. The standard InChI is InChI=1S/C17H16Cl2FN3S/c18-14-2-1-3-15(16(14)19)22-8-10-23(11-9-22)17(24)21-13-6-4-12(20)5-7-13/h1-7H,8-11H2,(H,21,24). The SMILES string of the molecule is Fc1ccc(NC(=S)N2CCN(c3cccc(Cl)c3Cl)CC2)cc1. The molecule has 24 heavy (non-hydrogen) atoms. The van der Waals surface area contributed by atoms with Crippen LogP contribution in [-0.4, -0.2) is 36.2 Å². The Kier molecular flexibility index (Phi) is 5.43. The lowest BCUT2D eigenvalue weighted by molar-refractivity contribution is 0.391. The van der Waals surface area contributed by atoms with Crippen LogP contribution in [0.15, 0.2) is 42.5 Å². The topological polar surface area (TPSA) is 18.5 Å². The van der Waals surface area contributed by atoms with E-state index in [2.05, 4.69) is 15.1 Å². The molecule has 2 aromatic carbocycles. The summed E-state index contributed by atoms with van der Waals surface area (Å²) in [5.74, 6) is -0.265. The number of rotatable bonds is 2. The van der Waals surface area contributed by atoms with Crippen LogP contribution in [0.25, 0.3) is 0 Å². The van der Waals surface area contributed by atoms with Crippen molar-refractivity contribution in [3.8, 4) is 0 Å². The molecule has 0 aliphatic carbocycles. The molecule has 0 saturated carbocycles. The highest BCUT2D eigenvalue weighted by molar-refractivity contribution is 7.80. The van der Waals surface area contributed by atoms with Gasteiger partial charge in [-0.15, -0.1) is 0 Å². The number of piperazine rings is 1. The van der Waals surface area contributed by atoms with Crippen molar-refractivity contribution in [3.05, 3.63) is 58.3 Å². The van der Waals surface area contributed by atoms with E-state index in [4.69, 9.17) is 35.4 Å². The Balaban J connectivity index is 1.59. The molecule has 1 fully saturated rings. The van der Waals surface area contributed by atoms with Crippen molar-refractivity contribution in [2.24, 2.45) is 0 Å². The second kappa shape index (κ2) is 7.55. The van der Waals surface area contributed by atoms with Gasteiger partial charge in [-0.2, -0.15) is 0 Å². The average Bonchev–Trinajstić information content (AvgIpc) is 2.59. The van der Waals surface area contributed by atoms with Gasteiger partial charge in [0, 0.05) is 31.9 Å². The van der Waals surface area contributed by atoms with Gasteiger partial charge in [-0.3, -0.25) is 0 Å². The first kappa shape index (κ1) is 17.3. The van der Waals surface area contributed by atoms with Crippen molar-refractivity contribution in [2.45, 2.75) is 0 Å². The Bertz CT molecular complexity index is 731. The van der Waals surface area contributed by atoms with Crippen molar-refractivity contribution >= 4 is 51.9 Å². The third-order valence-corrected chi connectivity index (χ3v) is 5.10. The first-order valence-electron chi connectivity index (χ1n) is 7.55.